The molecule has 21 heavy (non-hydrogen) atoms. The van der Waals surface area contributed by atoms with Crippen molar-refractivity contribution in [3.63, 3.8) is 0 Å². The summed E-state index contributed by atoms with van der Waals surface area (Å²) in [6.45, 7) is 0. The van der Waals surface area contributed by atoms with Crippen LogP contribution in [0, 0.1) is 23.7 Å². The molecular formula is C15H13BrClNO3. The van der Waals surface area contributed by atoms with E-state index in [0.717, 1.165) is 6.42 Å². The van der Waals surface area contributed by atoms with Crippen molar-refractivity contribution in [1.29, 1.82) is 0 Å². The van der Waals surface area contributed by atoms with E-state index in [2.05, 4.69) is 21.2 Å². The van der Waals surface area contributed by atoms with Crippen LogP contribution in [0.5, 0.6) is 0 Å². The first-order valence-electron chi connectivity index (χ1n) is 6.97. The van der Waals surface area contributed by atoms with E-state index in [9.17, 15) is 9.59 Å². The Kier molecular flexibility index (Phi) is 3.05. The fourth-order valence-electron chi connectivity index (χ4n) is 4.12. The number of anilines is 1. The molecule has 1 aromatic carbocycles. The second kappa shape index (κ2) is 4.71. The second-order valence-electron chi connectivity index (χ2n) is 5.96. The average molecular weight is 371 g/mol. The average Bonchev–Trinajstić information content (AvgIpc) is 3.02. The molecule has 4 rings (SSSR count). The van der Waals surface area contributed by atoms with Gasteiger partial charge in [0.05, 0.1) is 16.7 Å². The standard InChI is InChI=1S/C15H13BrClNO3/c16-12-8-5-9-11(15(20)21-13(9)12)10(8)14(19)18-7-3-1-2-6(17)4-7/h1-4,8-13H,5H2,(H,18,19)/t8-,9-,10+,11+,12-,13+/m1/s1. The van der Waals surface area contributed by atoms with Gasteiger partial charge in [-0.1, -0.05) is 33.6 Å². The van der Waals surface area contributed by atoms with E-state index in [4.69, 9.17) is 16.3 Å². The molecule has 2 saturated carbocycles. The zero-order chi connectivity index (χ0) is 14.7. The number of carbonyl (C=O) groups is 2. The first kappa shape index (κ1) is 13.6. The van der Waals surface area contributed by atoms with Gasteiger partial charge in [-0.25, -0.2) is 0 Å². The van der Waals surface area contributed by atoms with E-state index in [0.29, 0.717) is 10.7 Å². The number of hydrogen-bond acceptors (Lipinski definition) is 3. The Morgan fingerprint density at radius 2 is 2.19 bits per heavy atom. The van der Waals surface area contributed by atoms with Crippen LogP contribution in [0.15, 0.2) is 24.3 Å². The summed E-state index contributed by atoms with van der Waals surface area (Å²) in [7, 11) is 0. The molecule has 0 radical (unpaired) electrons. The predicted molar refractivity (Wildman–Crippen MR) is 81.3 cm³/mol. The van der Waals surface area contributed by atoms with Crippen LogP contribution < -0.4 is 5.32 Å². The van der Waals surface area contributed by atoms with E-state index in [1.54, 1.807) is 24.3 Å². The van der Waals surface area contributed by atoms with Crippen molar-refractivity contribution in [3.05, 3.63) is 29.3 Å². The lowest BCUT2D eigenvalue weighted by atomic mass is 9.79. The monoisotopic (exact) mass is 369 g/mol. The number of ether oxygens (including phenoxy) is 1. The highest BCUT2D eigenvalue weighted by Crippen LogP contribution is 2.60. The number of alkyl halides is 1. The smallest absolute Gasteiger partial charge is 0.310 e. The van der Waals surface area contributed by atoms with Crippen LogP contribution in [0.4, 0.5) is 5.69 Å². The molecule has 3 aliphatic rings. The van der Waals surface area contributed by atoms with Crippen LogP contribution in [0.25, 0.3) is 0 Å². The van der Waals surface area contributed by atoms with E-state index >= 15 is 0 Å². The molecule has 110 valence electrons. The maximum atomic E-state index is 12.6. The van der Waals surface area contributed by atoms with Crippen LogP contribution in [-0.2, 0) is 14.3 Å². The Morgan fingerprint density at radius 3 is 2.95 bits per heavy atom. The molecule has 6 atom stereocenters. The number of carbonyl (C=O) groups excluding carboxylic acids is 2. The summed E-state index contributed by atoms with van der Waals surface area (Å²) < 4.78 is 5.41. The van der Waals surface area contributed by atoms with Gasteiger partial charge in [-0.3, -0.25) is 9.59 Å². The molecule has 1 saturated heterocycles. The highest BCUT2D eigenvalue weighted by atomic mass is 79.9. The normalized spacial score (nSPS) is 39.4. The van der Waals surface area contributed by atoms with Crippen LogP contribution in [0.2, 0.25) is 5.02 Å². The molecule has 1 N–H and O–H groups in total. The molecular weight excluding hydrogens is 358 g/mol. The van der Waals surface area contributed by atoms with Crippen LogP contribution in [0.3, 0.4) is 0 Å². The van der Waals surface area contributed by atoms with Gasteiger partial charge in [0, 0.05) is 16.6 Å². The van der Waals surface area contributed by atoms with Crippen molar-refractivity contribution >= 4 is 45.1 Å². The molecule has 1 aliphatic heterocycles. The van der Waals surface area contributed by atoms with E-state index in [1.807, 2.05) is 0 Å². The van der Waals surface area contributed by atoms with E-state index in [1.165, 1.54) is 0 Å². The highest BCUT2D eigenvalue weighted by molar-refractivity contribution is 9.09. The lowest BCUT2D eigenvalue weighted by Gasteiger charge is -2.27. The predicted octanol–water partition coefficient (Wildman–Crippen LogP) is 2.85. The molecule has 1 amide bonds. The molecule has 1 aromatic rings. The number of fused-ring (bicyclic) bond motifs is 1. The lowest BCUT2D eigenvalue weighted by molar-refractivity contribution is -0.145. The molecule has 6 heteroatoms. The first-order chi connectivity index (χ1) is 10.1. The Bertz CT molecular complexity index is 637. The molecule has 4 nitrogen and oxygen atoms in total. The number of halogens is 2. The van der Waals surface area contributed by atoms with Gasteiger partial charge in [0.1, 0.15) is 6.10 Å². The quantitative estimate of drug-likeness (QED) is 0.643. The topological polar surface area (TPSA) is 55.4 Å². The second-order valence-corrected chi connectivity index (χ2v) is 7.45. The third-order valence-electron chi connectivity index (χ3n) is 4.92. The summed E-state index contributed by atoms with van der Waals surface area (Å²) in [4.78, 5) is 24.7. The minimum Gasteiger partial charge on any atom is -0.461 e. The van der Waals surface area contributed by atoms with Gasteiger partial charge in [0.15, 0.2) is 0 Å². The number of hydrogen-bond donors (Lipinski definition) is 1. The van der Waals surface area contributed by atoms with Gasteiger partial charge < -0.3 is 10.1 Å². The Balaban J connectivity index is 1.59. The maximum Gasteiger partial charge on any atom is 0.310 e. The van der Waals surface area contributed by atoms with Gasteiger partial charge >= 0.3 is 5.97 Å². The molecule has 0 unspecified atom stereocenters. The van der Waals surface area contributed by atoms with Gasteiger partial charge in [-0.2, -0.15) is 0 Å². The first-order valence-corrected chi connectivity index (χ1v) is 8.26. The molecule has 1 heterocycles. The van der Waals surface area contributed by atoms with Crippen LogP contribution in [-0.4, -0.2) is 22.8 Å². The number of benzene rings is 1. The lowest BCUT2D eigenvalue weighted by Crippen LogP contribution is -2.40. The summed E-state index contributed by atoms with van der Waals surface area (Å²) in [6, 6.07) is 7.03. The summed E-state index contributed by atoms with van der Waals surface area (Å²) in [5, 5.41) is 3.45. The van der Waals surface area contributed by atoms with Crippen molar-refractivity contribution < 1.29 is 14.3 Å². The largest absolute Gasteiger partial charge is 0.461 e. The minimum absolute atomic E-state index is 0.0530. The van der Waals surface area contributed by atoms with Crippen molar-refractivity contribution in [2.75, 3.05) is 5.32 Å². The molecule has 2 aliphatic carbocycles. The zero-order valence-electron chi connectivity index (χ0n) is 11.0. The van der Waals surface area contributed by atoms with E-state index in [-0.39, 0.29) is 46.5 Å². The van der Waals surface area contributed by atoms with Gasteiger partial charge in [-0.05, 0) is 30.5 Å². The highest BCUT2D eigenvalue weighted by Gasteiger charge is 2.67. The summed E-state index contributed by atoms with van der Waals surface area (Å²) in [6.07, 6.45) is 0.827. The van der Waals surface area contributed by atoms with Crippen LogP contribution in [0.1, 0.15) is 6.42 Å². The Morgan fingerprint density at radius 1 is 1.38 bits per heavy atom. The summed E-state index contributed by atoms with van der Waals surface area (Å²) in [5.74, 6) is -0.590. The van der Waals surface area contributed by atoms with Crippen molar-refractivity contribution in [2.24, 2.45) is 23.7 Å². The fourth-order valence-corrected chi connectivity index (χ4v) is 5.36. The minimum atomic E-state index is -0.315. The maximum absolute atomic E-state index is 12.6. The van der Waals surface area contributed by atoms with E-state index < -0.39 is 0 Å². The van der Waals surface area contributed by atoms with Crippen molar-refractivity contribution in [3.8, 4) is 0 Å². The molecule has 0 aromatic heterocycles. The molecule has 3 fully saturated rings. The number of esters is 1. The number of rotatable bonds is 2. The summed E-state index contributed by atoms with van der Waals surface area (Å²) >= 11 is 9.53. The Labute approximate surface area is 135 Å². The third kappa shape index (κ3) is 1.94. The van der Waals surface area contributed by atoms with Gasteiger partial charge in [-0.15, -0.1) is 0 Å². The fraction of sp³-hybridized carbons (Fsp3) is 0.467. The number of nitrogens with one attached hydrogen (secondary N) is 1. The van der Waals surface area contributed by atoms with Crippen molar-refractivity contribution in [1.82, 2.24) is 0 Å². The third-order valence-corrected chi connectivity index (χ3v) is 6.35. The van der Waals surface area contributed by atoms with Gasteiger partial charge in [0.2, 0.25) is 5.91 Å². The number of amides is 1. The zero-order valence-corrected chi connectivity index (χ0v) is 13.3. The molecule has 2 bridgehead atoms. The van der Waals surface area contributed by atoms with Gasteiger partial charge in [0.25, 0.3) is 0 Å². The molecule has 0 spiro atoms. The Hall–Kier alpha value is -1.07. The summed E-state index contributed by atoms with van der Waals surface area (Å²) in [5.41, 5.74) is 0.657. The van der Waals surface area contributed by atoms with Crippen LogP contribution >= 0.6 is 27.5 Å². The SMILES string of the molecule is O=C(Nc1cccc(Cl)c1)[C@H]1[C@H]2C[C@H]3[C@H](OC(=O)[C@@H]31)[C@@H]2Br. The van der Waals surface area contributed by atoms with Crippen molar-refractivity contribution in [2.45, 2.75) is 17.4 Å².